The minimum atomic E-state index is -0.189. The normalized spacial score (nSPS) is 12.7. The number of alkyl halides is 1. The quantitative estimate of drug-likeness (QED) is 0.733. The van der Waals surface area contributed by atoms with E-state index in [1.165, 1.54) is 0 Å². The molecule has 0 aliphatic rings. The lowest BCUT2D eigenvalue weighted by atomic mass is 10.0. The highest BCUT2D eigenvalue weighted by Crippen LogP contribution is 2.33. The Morgan fingerprint density at radius 1 is 1.11 bits per heavy atom. The molecule has 2 aromatic rings. The summed E-state index contributed by atoms with van der Waals surface area (Å²) in [6.07, 6.45) is 0.177. The van der Waals surface area contributed by atoms with Gasteiger partial charge in [-0.05, 0) is 51.5 Å². The van der Waals surface area contributed by atoms with E-state index in [9.17, 15) is 0 Å². The smallest absolute Gasteiger partial charge is 0.119 e. The first-order chi connectivity index (χ1) is 8.97. The van der Waals surface area contributed by atoms with Crippen LogP contribution >= 0.6 is 11.6 Å². The van der Waals surface area contributed by atoms with Gasteiger partial charge in [0, 0.05) is 5.56 Å². The highest BCUT2D eigenvalue weighted by molar-refractivity contribution is 6.22. The van der Waals surface area contributed by atoms with Gasteiger partial charge in [-0.25, -0.2) is 0 Å². The Morgan fingerprint density at radius 2 is 1.74 bits per heavy atom. The molecule has 1 atom stereocenters. The van der Waals surface area contributed by atoms with E-state index in [1.54, 1.807) is 0 Å². The lowest BCUT2D eigenvalue weighted by Crippen LogP contribution is -2.05. The molecule has 1 heterocycles. The third kappa shape index (κ3) is 3.32. The molecule has 19 heavy (non-hydrogen) atoms. The Balaban J connectivity index is 2.20. The summed E-state index contributed by atoms with van der Waals surface area (Å²) in [5.41, 5.74) is 2.07. The van der Waals surface area contributed by atoms with Gasteiger partial charge < -0.3 is 9.15 Å². The fourth-order valence-electron chi connectivity index (χ4n) is 2.07. The molecule has 0 aliphatic carbocycles. The van der Waals surface area contributed by atoms with Crippen LogP contribution in [0.15, 0.2) is 34.7 Å². The van der Waals surface area contributed by atoms with E-state index in [0.717, 1.165) is 28.4 Å². The summed E-state index contributed by atoms with van der Waals surface area (Å²) >= 11 is 6.51. The molecule has 0 saturated heterocycles. The van der Waals surface area contributed by atoms with Crippen LogP contribution in [0, 0.1) is 13.8 Å². The van der Waals surface area contributed by atoms with E-state index in [1.807, 2.05) is 58.0 Å². The number of benzene rings is 1. The van der Waals surface area contributed by atoms with Crippen molar-refractivity contribution in [1.82, 2.24) is 0 Å². The maximum Gasteiger partial charge on any atom is 0.119 e. The molecule has 1 aromatic carbocycles. The minimum Gasteiger partial charge on any atom is -0.491 e. The molecule has 2 nitrogen and oxygen atoms in total. The molecule has 0 aliphatic heterocycles. The Hall–Kier alpha value is -1.41. The monoisotopic (exact) mass is 278 g/mol. The molecular formula is C16H19ClO2. The van der Waals surface area contributed by atoms with Crippen LogP contribution in [0.3, 0.4) is 0 Å². The second-order valence-electron chi connectivity index (χ2n) is 4.97. The lowest BCUT2D eigenvalue weighted by molar-refractivity contribution is 0.242. The lowest BCUT2D eigenvalue weighted by Gasteiger charge is -2.12. The Morgan fingerprint density at radius 3 is 2.21 bits per heavy atom. The molecule has 0 radical (unpaired) electrons. The summed E-state index contributed by atoms with van der Waals surface area (Å²) in [6.45, 7) is 7.89. The van der Waals surface area contributed by atoms with Crippen LogP contribution in [0.2, 0.25) is 0 Å². The van der Waals surface area contributed by atoms with E-state index >= 15 is 0 Å². The zero-order valence-electron chi connectivity index (χ0n) is 11.7. The van der Waals surface area contributed by atoms with E-state index < -0.39 is 0 Å². The van der Waals surface area contributed by atoms with Crippen LogP contribution in [-0.2, 0) is 0 Å². The molecule has 0 saturated carbocycles. The molecule has 3 heteroatoms. The molecule has 0 spiro atoms. The van der Waals surface area contributed by atoms with Gasteiger partial charge >= 0.3 is 0 Å². The van der Waals surface area contributed by atoms with Crippen LogP contribution in [0.4, 0.5) is 0 Å². The number of hydrogen-bond donors (Lipinski definition) is 0. The highest BCUT2D eigenvalue weighted by atomic mass is 35.5. The number of furan rings is 1. The molecule has 0 N–H and O–H groups in total. The van der Waals surface area contributed by atoms with Crippen LogP contribution < -0.4 is 4.74 Å². The van der Waals surface area contributed by atoms with Crippen molar-refractivity contribution in [2.75, 3.05) is 0 Å². The molecule has 0 fully saturated rings. The predicted molar refractivity (Wildman–Crippen MR) is 78.1 cm³/mol. The largest absolute Gasteiger partial charge is 0.491 e. The van der Waals surface area contributed by atoms with Crippen molar-refractivity contribution in [3.63, 3.8) is 0 Å². The number of aryl methyl sites for hydroxylation is 2. The number of halogens is 1. The van der Waals surface area contributed by atoms with Crippen molar-refractivity contribution in [2.45, 2.75) is 39.2 Å². The maximum atomic E-state index is 6.51. The van der Waals surface area contributed by atoms with Crippen molar-refractivity contribution in [3.05, 3.63) is 53.0 Å². The van der Waals surface area contributed by atoms with Gasteiger partial charge in [0.1, 0.15) is 17.3 Å². The van der Waals surface area contributed by atoms with E-state index in [2.05, 4.69) is 0 Å². The number of hydrogen-bond acceptors (Lipinski definition) is 2. The summed E-state index contributed by atoms with van der Waals surface area (Å²) in [7, 11) is 0. The van der Waals surface area contributed by atoms with Crippen LogP contribution in [-0.4, -0.2) is 6.10 Å². The standard InChI is InChI=1S/C16H19ClO2/c1-10(2)18-14-7-5-13(6-8-14)16(17)15-9-11(3)19-12(15)4/h5-10,16H,1-4H3. The predicted octanol–water partition coefficient (Wildman–Crippen LogP) is 5.01. The van der Waals surface area contributed by atoms with Gasteiger partial charge in [-0.3, -0.25) is 0 Å². The van der Waals surface area contributed by atoms with Gasteiger partial charge in [0.15, 0.2) is 0 Å². The Bertz CT molecular complexity index is 540. The molecule has 1 unspecified atom stereocenters. The average Bonchev–Trinajstić information content (AvgIpc) is 2.68. The van der Waals surface area contributed by atoms with E-state index in [4.69, 9.17) is 20.8 Å². The van der Waals surface area contributed by atoms with Gasteiger partial charge in [-0.15, -0.1) is 11.6 Å². The second-order valence-corrected chi connectivity index (χ2v) is 5.40. The van der Waals surface area contributed by atoms with E-state index in [0.29, 0.717) is 0 Å². The first kappa shape index (κ1) is 14.0. The summed E-state index contributed by atoms with van der Waals surface area (Å²) in [5, 5.41) is -0.189. The summed E-state index contributed by atoms with van der Waals surface area (Å²) in [4.78, 5) is 0. The van der Waals surface area contributed by atoms with Crippen LogP contribution in [0.1, 0.15) is 41.9 Å². The second kappa shape index (κ2) is 5.70. The third-order valence-electron chi connectivity index (χ3n) is 2.90. The molecule has 2 rings (SSSR count). The van der Waals surface area contributed by atoms with Gasteiger partial charge in [-0.2, -0.15) is 0 Å². The van der Waals surface area contributed by atoms with Gasteiger partial charge in [0.05, 0.1) is 11.5 Å². The van der Waals surface area contributed by atoms with Crippen LogP contribution in [0.5, 0.6) is 5.75 Å². The molecule has 102 valence electrons. The average molecular weight is 279 g/mol. The van der Waals surface area contributed by atoms with Crippen molar-refractivity contribution in [2.24, 2.45) is 0 Å². The van der Waals surface area contributed by atoms with Gasteiger partial charge in [-0.1, -0.05) is 12.1 Å². The fourth-order valence-corrected chi connectivity index (χ4v) is 2.43. The van der Waals surface area contributed by atoms with E-state index in [-0.39, 0.29) is 11.5 Å². The first-order valence-corrected chi connectivity index (χ1v) is 6.88. The highest BCUT2D eigenvalue weighted by Gasteiger charge is 2.16. The van der Waals surface area contributed by atoms with Gasteiger partial charge in [0.25, 0.3) is 0 Å². The molecule has 0 amide bonds. The summed E-state index contributed by atoms with van der Waals surface area (Å²) in [6, 6.07) is 9.89. The maximum absolute atomic E-state index is 6.51. The first-order valence-electron chi connectivity index (χ1n) is 6.45. The zero-order chi connectivity index (χ0) is 14.0. The molecule has 1 aromatic heterocycles. The topological polar surface area (TPSA) is 22.4 Å². The van der Waals surface area contributed by atoms with Crippen molar-refractivity contribution >= 4 is 11.6 Å². The Labute approximate surface area is 119 Å². The molecule has 0 bridgehead atoms. The number of ether oxygens (including phenoxy) is 1. The minimum absolute atomic E-state index is 0.177. The zero-order valence-corrected chi connectivity index (χ0v) is 12.5. The third-order valence-corrected chi connectivity index (χ3v) is 3.38. The van der Waals surface area contributed by atoms with Crippen molar-refractivity contribution < 1.29 is 9.15 Å². The SMILES string of the molecule is Cc1cc(C(Cl)c2ccc(OC(C)C)cc2)c(C)o1. The summed E-state index contributed by atoms with van der Waals surface area (Å²) < 4.78 is 11.1. The van der Waals surface area contributed by atoms with Crippen LogP contribution in [0.25, 0.3) is 0 Å². The Kier molecular flexibility index (Phi) is 4.20. The van der Waals surface area contributed by atoms with Gasteiger partial charge in [0.2, 0.25) is 0 Å². The summed E-state index contributed by atoms with van der Waals surface area (Å²) in [5.74, 6) is 2.63. The molecular weight excluding hydrogens is 260 g/mol. The fraction of sp³-hybridized carbons (Fsp3) is 0.375. The van der Waals surface area contributed by atoms with Crippen molar-refractivity contribution in [1.29, 1.82) is 0 Å². The van der Waals surface area contributed by atoms with Crippen molar-refractivity contribution in [3.8, 4) is 5.75 Å². The number of rotatable bonds is 4.